The lowest BCUT2D eigenvalue weighted by Gasteiger charge is -2.09. The van der Waals surface area contributed by atoms with Crippen LogP contribution in [0.2, 0.25) is 0 Å². The van der Waals surface area contributed by atoms with Crippen molar-refractivity contribution in [3.8, 4) is 0 Å². The molecule has 0 atom stereocenters. The number of ether oxygens (including phenoxy) is 2. The third-order valence-corrected chi connectivity index (χ3v) is 2.54. The normalized spacial score (nSPS) is 11.8. The molecule has 0 heterocycles. The second-order valence-electron chi connectivity index (χ2n) is 3.49. The molecule has 0 aliphatic carbocycles. The summed E-state index contributed by atoms with van der Waals surface area (Å²) < 4.78 is 10.2. The van der Waals surface area contributed by atoms with Crippen molar-refractivity contribution < 1.29 is 9.47 Å². The van der Waals surface area contributed by atoms with Gasteiger partial charge in [0.25, 0.3) is 10.3 Å². The standard InChI is InChI=1S/C12H22N4O2S2/c1-5-9(13-15-11(19)17-7-3)10(6-2)14-16-12(20)18-8-4/h5-8H2,1-4H3,(H,15,19)(H,16,20)/b13-9+,14-10+. The maximum absolute atomic E-state index is 5.10. The smallest absolute Gasteiger partial charge is 0.277 e. The van der Waals surface area contributed by atoms with E-state index in [2.05, 4.69) is 21.1 Å². The molecule has 0 saturated carbocycles. The quantitative estimate of drug-likeness (QED) is 0.427. The van der Waals surface area contributed by atoms with Crippen molar-refractivity contribution in [1.29, 1.82) is 0 Å². The van der Waals surface area contributed by atoms with Crippen LogP contribution in [0.4, 0.5) is 0 Å². The van der Waals surface area contributed by atoms with E-state index in [1.54, 1.807) is 0 Å². The van der Waals surface area contributed by atoms with E-state index in [1.165, 1.54) is 0 Å². The van der Waals surface area contributed by atoms with Gasteiger partial charge < -0.3 is 9.47 Å². The van der Waals surface area contributed by atoms with Crippen molar-refractivity contribution in [2.24, 2.45) is 10.2 Å². The molecule has 20 heavy (non-hydrogen) atoms. The Morgan fingerprint density at radius 3 is 1.40 bits per heavy atom. The van der Waals surface area contributed by atoms with E-state index < -0.39 is 0 Å². The SMILES string of the molecule is CCOC(=S)N/N=C(CC)/C(CC)=N/NC(=S)OCC. The van der Waals surface area contributed by atoms with Gasteiger partial charge in [-0.25, -0.2) is 10.9 Å². The molecular weight excluding hydrogens is 296 g/mol. The number of rotatable bonds is 7. The molecule has 0 amide bonds. The first-order valence-corrected chi connectivity index (χ1v) is 7.39. The Hall–Kier alpha value is -1.28. The van der Waals surface area contributed by atoms with E-state index in [-0.39, 0.29) is 10.3 Å². The zero-order chi connectivity index (χ0) is 15.4. The number of hydrazone groups is 2. The third-order valence-electron chi connectivity index (χ3n) is 2.12. The molecule has 8 heteroatoms. The van der Waals surface area contributed by atoms with E-state index >= 15 is 0 Å². The van der Waals surface area contributed by atoms with Crippen LogP contribution in [0.1, 0.15) is 40.5 Å². The van der Waals surface area contributed by atoms with Crippen LogP contribution in [0.3, 0.4) is 0 Å². The molecule has 0 radical (unpaired) electrons. The van der Waals surface area contributed by atoms with Crippen LogP contribution in [0.5, 0.6) is 0 Å². The summed E-state index contributed by atoms with van der Waals surface area (Å²) in [6.07, 6.45) is 1.41. The number of nitrogens with zero attached hydrogens (tertiary/aromatic N) is 2. The Bertz CT molecular complexity index is 348. The molecule has 0 saturated heterocycles. The first kappa shape index (κ1) is 18.7. The van der Waals surface area contributed by atoms with Crippen LogP contribution in [-0.2, 0) is 9.47 Å². The van der Waals surface area contributed by atoms with Crippen molar-refractivity contribution in [2.75, 3.05) is 13.2 Å². The summed E-state index contributed by atoms with van der Waals surface area (Å²) in [6.45, 7) is 8.68. The van der Waals surface area contributed by atoms with Gasteiger partial charge in [-0.05, 0) is 51.1 Å². The van der Waals surface area contributed by atoms with Gasteiger partial charge in [0.1, 0.15) is 0 Å². The largest absolute Gasteiger partial charge is 0.470 e. The van der Waals surface area contributed by atoms with Crippen LogP contribution < -0.4 is 10.9 Å². The van der Waals surface area contributed by atoms with Gasteiger partial charge >= 0.3 is 0 Å². The lowest BCUT2D eigenvalue weighted by molar-refractivity contribution is 0.321. The van der Waals surface area contributed by atoms with Gasteiger partial charge in [-0.3, -0.25) is 0 Å². The second-order valence-corrected chi connectivity index (χ2v) is 4.23. The van der Waals surface area contributed by atoms with Crippen LogP contribution >= 0.6 is 24.4 Å². The third kappa shape index (κ3) is 8.00. The van der Waals surface area contributed by atoms with Crippen molar-refractivity contribution in [2.45, 2.75) is 40.5 Å². The van der Waals surface area contributed by atoms with Gasteiger partial charge in [0.15, 0.2) is 0 Å². The summed E-state index contributed by atoms with van der Waals surface area (Å²) >= 11 is 9.89. The lowest BCUT2D eigenvalue weighted by Crippen LogP contribution is -2.26. The number of nitrogens with one attached hydrogen (secondary N) is 2. The highest BCUT2D eigenvalue weighted by Gasteiger charge is 2.07. The molecule has 0 fully saturated rings. The molecule has 0 aliphatic rings. The molecule has 0 spiro atoms. The first-order chi connectivity index (χ1) is 9.58. The predicted molar refractivity (Wildman–Crippen MR) is 90.2 cm³/mol. The van der Waals surface area contributed by atoms with Crippen LogP contribution in [0.15, 0.2) is 10.2 Å². The zero-order valence-electron chi connectivity index (χ0n) is 12.4. The summed E-state index contributed by atoms with van der Waals surface area (Å²) in [5.74, 6) is 0. The summed E-state index contributed by atoms with van der Waals surface area (Å²) in [4.78, 5) is 0. The van der Waals surface area contributed by atoms with E-state index in [9.17, 15) is 0 Å². The molecule has 0 rings (SSSR count). The molecule has 0 bridgehead atoms. The topological polar surface area (TPSA) is 67.2 Å². The van der Waals surface area contributed by atoms with Gasteiger partial charge in [-0.2, -0.15) is 10.2 Å². The maximum atomic E-state index is 5.10. The number of hydrogen-bond donors (Lipinski definition) is 2. The molecule has 0 aromatic heterocycles. The summed E-state index contributed by atoms with van der Waals surface area (Å²) in [5.41, 5.74) is 6.93. The minimum Gasteiger partial charge on any atom is -0.470 e. The molecular formula is C12H22N4O2S2. The molecule has 0 aromatic carbocycles. The molecule has 2 N–H and O–H groups in total. The Morgan fingerprint density at radius 1 is 0.800 bits per heavy atom. The average molecular weight is 318 g/mol. The fraction of sp³-hybridized carbons (Fsp3) is 0.667. The monoisotopic (exact) mass is 318 g/mol. The summed E-state index contributed by atoms with van der Waals surface area (Å²) in [6, 6.07) is 0. The maximum Gasteiger partial charge on any atom is 0.277 e. The minimum absolute atomic E-state index is 0.242. The summed E-state index contributed by atoms with van der Waals surface area (Å²) in [7, 11) is 0. The van der Waals surface area contributed by atoms with Gasteiger partial charge in [0.2, 0.25) is 0 Å². The predicted octanol–water partition coefficient (Wildman–Crippen LogP) is 2.34. The van der Waals surface area contributed by atoms with Crippen LogP contribution in [-0.4, -0.2) is 35.0 Å². The molecule has 0 unspecified atom stereocenters. The van der Waals surface area contributed by atoms with Gasteiger partial charge in [-0.15, -0.1) is 0 Å². The zero-order valence-corrected chi connectivity index (χ0v) is 14.0. The van der Waals surface area contributed by atoms with E-state index in [4.69, 9.17) is 33.9 Å². The Morgan fingerprint density at radius 2 is 1.15 bits per heavy atom. The average Bonchev–Trinajstić information content (AvgIpc) is 2.43. The van der Waals surface area contributed by atoms with Crippen molar-refractivity contribution in [3.63, 3.8) is 0 Å². The van der Waals surface area contributed by atoms with Crippen molar-refractivity contribution in [1.82, 2.24) is 10.9 Å². The lowest BCUT2D eigenvalue weighted by atomic mass is 10.1. The minimum atomic E-state index is 0.242. The highest BCUT2D eigenvalue weighted by atomic mass is 32.1. The van der Waals surface area contributed by atoms with Gasteiger partial charge in [-0.1, -0.05) is 13.8 Å². The molecule has 0 aliphatic heterocycles. The fourth-order valence-corrected chi connectivity index (χ4v) is 1.58. The van der Waals surface area contributed by atoms with E-state index in [1.807, 2.05) is 27.7 Å². The van der Waals surface area contributed by atoms with Gasteiger partial charge in [0, 0.05) is 0 Å². The highest BCUT2D eigenvalue weighted by Crippen LogP contribution is 1.95. The Kier molecular flexibility index (Phi) is 10.8. The number of hydrogen-bond acceptors (Lipinski definition) is 6. The number of thiocarbonyl (C=S) groups is 2. The first-order valence-electron chi connectivity index (χ1n) is 6.57. The molecule has 6 nitrogen and oxygen atoms in total. The van der Waals surface area contributed by atoms with Crippen molar-refractivity contribution >= 4 is 46.2 Å². The van der Waals surface area contributed by atoms with E-state index in [0.717, 1.165) is 11.4 Å². The van der Waals surface area contributed by atoms with Crippen molar-refractivity contribution in [3.05, 3.63) is 0 Å². The fourth-order valence-electron chi connectivity index (χ4n) is 1.25. The van der Waals surface area contributed by atoms with Crippen LogP contribution in [0, 0.1) is 0 Å². The Balaban J connectivity index is 4.71. The van der Waals surface area contributed by atoms with E-state index in [0.29, 0.717) is 26.1 Å². The molecule has 0 aromatic rings. The van der Waals surface area contributed by atoms with Gasteiger partial charge in [0.05, 0.1) is 24.6 Å². The summed E-state index contributed by atoms with van der Waals surface area (Å²) in [5, 5.41) is 8.89. The van der Waals surface area contributed by atoms with Crippen LogP contribution in [0.25, 0.3) is 0 Å². The molecule has 114 valence electrons. The second kappa shape index (κ2) is 11.5. The highest BCUT2D eigenvalue weighted by molar-refractivity contribution is 7.80. The Labute approximate surface area is 131 Å².